The van der Waals surface area contributed by atoms with E-state index in [1.54, 1.807) is 29.1 Å². The molecule has 3 N–H and O–H groups in total. The number of benzene rings is 2. The average Bonchev–Trinajstić information content (AvgIpc) is 3.66. The van der Waals surface area contributed by atoms with Gasteiger partial charge in [0, 0.05) is 34.1 Å². The van der Waals surface area contributed by atoms with Crippen LogP contribution in [-0.4, -0.2) is 58.4 Å². The molecule has 0 aliphatic carbocycles. The Bertz CT molecular complexity index is 1670. The molecule has 0 aliphatic heterocycles. The molecule has 1 atom stereocenters. The van der Waals surface area contributed by atoms with Crippen molar-refractivity contribution in [2.45, 2.75) is 45.2 Å². The number of aromatic amines is 1. The van der Waals surface area contributed by atoms with Gasteiger partial charge in [-0.1, -0.05) is 73.5 Å². The Morgan fingerprint density at radius 2 is 1.86 bits per heavy atom. The molecule has 42 heavy (non-hydrogen) atoms. The van der Waals surface area contributed by atoms with E-state index >= 15 is 0 Å². The van der Waals surface area contributed by atoms with E-state index in [0.29, 0.717) is 17.4 Å². The summed E-state index contributed by atoms with van der Waals surface area (Å²) in [6.45, 7) is 2.48. The second kappa shape index (κ2) is 13.2. The molecule has 2 aromatic carbocycles. The van der Waals surface area contributed by atoms with Gasteiger partial charge in [-0.3, -0.25) is 19.3 Å². The molecule has 1 amide bonds. The van der Waals surface area contributed by atoms with Crippen LogP contribution in [0.15, 0.2) is 72.9 Å². The summed E-state index contributed by atoms with van der Waals surface area (Å²) < 4.78 is 1.80. The Kier molecular flexibility index (Phi) is 8.98. The van der Waals surface area contributed by atoms with Crippen molar-refractivity contribution < 1.29 is 14.7 Å². The summed E-state index contributed by atoms with van der Waals surface area (Å²) in [5.74, 6) is -0.891. The lowest BCUT2D eigenvalue weighted by molar-refractivity contribution is -0.137. The molecule has 5 rings (SSSR count). The fourth-order valence-corrected chi connectivity index (χ4v) is 4.98. The summed E-state index contributed by atoms with van der Waals surface area (Å²) in [5, 5.41) is 31.5. The maximum Gasteiger partial charge on any atom is 0.305 e. The Morgan fingerprint density at radius 3 is 2.55 bits per heavy atom. The van der Waals surface area contributed by atoms with Crippen molar-refractivity contribution in [3.05, 3.63) is 100 Å². The first-order valence-electron chi connectivity index (χ1n) is 13.5. The molecule has 0 saturated heterocycles. The van der Waals surface area contributed by atoms with Crippen LogP contribution in [0, 0.1) is 0 Å². The van der Waals surface area contributed by atoms with Gasteiger partial charge < -0.3 is 10.4 Å². The lowest BCUT2D eigenvalue weighted by atomic mass is 10.0. The second-order valence-corrected chi connectivity index (χ2v) is 10.2. The molecule has 0 aliphatic rings. The minimum absolute atomic E-state index is 0.229. The highest BCUT2D eigenvalue weighted by atomic mass is 35.5. The maximum absolute atomic E-state index is 13.2. The zero-order valence-corrected chi connectivity index (χ0v) is 23.6. The molecule has 0 spiro atoms. The summed E-state index contributed by atoms with van der Waals surface area (Å²) in [4.78, 5) is 29.4. The van der Waals surface area contributed by atoms with Crippen molar-refractivity contribution in [1.29, 1.82) is 0 Å². The normalized spacial score (nSPS) is 11.8. The van der Waals surface area contributed by atoms with Crippen molar-refractivity contribution in [3.8, 4) is 22.6 Å². The Balaban J connectivity index is 1.33. The highest BCUT2D eigenvalue weighted by Gasteiger charge is 2.21. The predicted octanol–water partition coefficient (Wildman–Crippen LogP) is 4.60. The SMILES string of the molecule is CCCc1cc(C(=O)N[C@@H](CC(=O)O)Cc2ccccc2Cl)nn1Cc1ccc(-c2ccccc2-c2nnn[nH]2)nc1. The van der Waals surface area contributed by atoms with Crippen LogP contribution in [0.4, 0.5) is 0 Å². The van der Waals surface area contributed by atoms with E-state index in [1.165, 1.54) is 0 Å². The zero-order valence-electron chi connectivity index (χ0n) is 22.9. The quantitative estimate of drug-likeness (QED) is 0.192. The smallest absolute Gasteiger partial charge is 0.305 e. The lowest BCUT2D eigenvalue weighted by Gasteiger charge is -2.17. The monoisotopic (exact) mass is 584 g/mol. The van der Waals surface area contributed by atoms with Gasteiger partial charge in [-0.05, 0) is 52.6 Å². The first kappa shape index (κ1) is 28.6. The third-order valence-electron chi connectivity index (χ3n) is 6.74. The molecule has 214 valence electrons. The number of pyridine rings is 1. The summed E-state index contributed by atoms with van der Waals surface area (Å²) >= 11 is 6.28. The summed E-state index contributed by atoms with van der Waals surface area (Å²) in [6, 6.07) is 19.9. The number of rotatable bonds is 12. The van der Waals surface area contributed by atoms with Gasteiger partial charge in [-0.2, -0.15) is 5.10 Å². The molecule has 0 unspecified atom stereocenters. The van der Waals surface area contributed by atoms with E-state index < -0.39 is 17.9 Å². The number of nitrogens with one attached hydrogen (secondary N) is 2. The van der Waals surface area contributed by atoms with Crippen LogP contribution < -0.4 is 5.32 Å². The number of aliphatic carboxylic acids is 1. The van der Waals surface area contributed by atoms with Crippen molar-refractivity contribution in [3.63, 3.8) is 0 Å². The number of tetrazole rings is 1. The number of aryl methyl sites for hydroxylation is 1. The van der Waals surface area contributed by atoms with Crippen LogP contribution >= 0.6 is 11.6 Å². The standard InChI is InChI=1S/C30H29ClN8O3/c1-2-7-22-16-27(30(42)33-21(15-28(40)41)14-20-8-3-6-11-25(20)31)36-39(22)18-19-12-13-26(32-17-19)23-9-4-5-10-24(23)29-34-37-38-35-29/h3-6,8-13,16-17,21H,2,7,14-15,18H2,1H3,(H,33,42)(H,40,41)(H,34,35,37,38)/t21-/m1/s1. The van der Waals surface area contributed by atoms with Crippen LogP contribution in [0.25, 0.3) is 22.6 Å². The number of carbonyl (C=O) groups is 2. The van der Waals surface area contributed by atoms with Gasteiger partial charge in [0.15, 0.2) is 5.82 Å². The van der Waals surface area contributed by atoms with E-state index in [4.69, 9.17) is 11.6 Å². The number of aromatic nitrogens is 7. The lowest BCUT2D eigenvalue weighted by Crippen LogP contribution is -2.38. The van der Waals surface area contributed by atoms with Crippen LogP contribution in [0.2, 0.25) is 5.02 Å². The Hall–Kier alpha value is -4.90. The van der Waals surface area contributed by atoms with E-state index in [0.717, 1.165) is 46.5 Å². The van der Waals surface area contributed by atoms with Gasteiger partial charge in [0.2, 0.25) is 0 Å². The number of nitrogens with zero attached hydrogens (tertiary/aromatic N) is 6. The van der Waals surface area contributed by atoms with Crippen molar-refractivity contribution >= 4 is 23.5 Å². The largest absolute Gasteiger partial charge is 0.481 e. The minimum Gasteiger partial charge on any atom is -0.481 e. The van der Waals surface area contributed by atoms with Crippen molar-refractivity contribution in [2.75, 3.05) is 0 Å². The van der Waals surface area contributed by atoms with Crippen molar-refractivity contribution in [1.82, 2.24) is 40.7 Å². The summed E-state index contributed by atoms with van der Waals surface area (Å²) in [6.07, 6.45) is 3.42. The minimum atomic E-state index is -1.01. The first-order chi connectivity index (χ1) is 20.4. The highest BCUT2D eigenvalue weighted by molar-refractivity contribution is 6.31. The third-order valence-corrected chi connectivity index (χ3v) is 7.11. The van der Waals surface area contributed by atoms with E-state index in [1.807, 2.05) is 48.5 Å². The number of carboxylic acid groups (broad SMARTS) is 1. The van der Waals surface area contributed by atoms with Gasteiger partial charge in [-0.25, -0.2) is 5.10 Å². The Morgan fingerprint density at radius 1 is 1.07 bits per heavy atom. The van der Waals surface area contributed by atoms with Gasteiger partial charge in [0.25, 0.3) is 5.91 Å². The molecule has 5 aromatic rings. The number of carboxylic acids is 1. The fourth-order valence-electron chi connectivity index (χ4n) is 4.77. The number of hydrogen-bond acceptors (Lipinski definition) is 7. The molecular weight excluding hydrogens is 556 g/mol. The fraction of sp³-hybridized carbons (Fsp3) is 0.233. The third kappa shape index (κ3) is 6.87. The average molecular weight is 585 g/mol. The molecular formula is C30H29ClN8O3. The van der Waals surface area contributed by atoms with Crippen LogP contribution in [0.3, 0.4) is 0 Å². The van der Waals surface area contributed by atoms with Gasteiger partial charge in [-0.15, -0.1) is 5.10 Å². The molecule has 0 radical (unpaired) electrons. The molecule has 12 heteroatoms. The number of hydrogen-bond donors (Lipinski definition) is 3. The number of H-pyrrole nitrogens is 1. The van der Waals surface area contributed by atoms with Crippen LogP contribution in [0.1, 0.15) is 47.1 Å². The first-order valence-corrected chi connectivity index (χ1v) is 13.9. The molecule has 0 fully saturated rings. The van der Waals surface area contributed by atoms with E-state index in [-0.39, 0.29) is 18.5 Å². The highest BCUT2D eigenvalue weighted by Crippen LogP contribution is 2.28. The topological polar surface area (TPSA) is 152 Å². The number of carbonyl (C=O) groups excluding carboxylic acids is 1. The Labute approximate surface area is 247 Å². The number of halogens is 1. The summed E-state index contributed by atoms with van der Waals surface area (Å²) in [5.41, 5.74) is 5.30. The maximum atomic E-state index is 13.2. The molecule has 0 bridgehead atoms. The molecule has 3 heterocycles. The molecule has 3 aromatic heterocycles. The van der Waals surface area contributed by atoms with E-state index in [9.17, 15) is 14.7 Å². The second-order valence-electron chi connectivity index (χ2n) is 9.84. The van der Waals surface area contributed by atoms with Crippen LogP contribution in [-0.2, 0) is 24.2 Å². The molecule has 0 saturated carbocycles. The van der Waals surface area contributed by atoms with E-state index in [2.05, 4.69) is 42.9 Å². The summed E-state index contributed by atoms with van der Waals surface area (Å²) in [7, 11) is 0. The van der Waals surface area contributed by atoms with Gasteiger partial charge >= 0.3 is 5.97 Å². The zero-order chi connectivity index (χ0) is 29.5. The molecule has 11 nitrogen and oxygen atoms in total. The van der Waals surface area contributed by atoms with Gasteiger partial charge in [0.05, 0.1) is 18.7 Å². The predicted molar refractivity (Wildman–Crippen MR) is 157 cm³/mol. The number of amides is 1. The van der Waals surface area contributed by atoms with Crippen molar-refractivity contribution in [2.24, 2.45) is 0 Å². The van der Waals surface area contributed by atoms with Crippen LogP contribution in [0.5, 0.6) is 0 Å². The van der Waals surface area contributed by atoms with Gasteiger partial charge in [0.1, 0.15) is 5.69 Å².